The summed E-state index contributed by atoms with van der Waals surface area (Å²) in [7, 11) is 0. The van der Waals surface area contributed by atoms with Crippen molar-refractivity contribution < 1.29 is 9.90 Å². The summed E-state index contributed by atoms with van der Waals surface area (Å²) in [6.07, 6.45) is 0.491. The molecule has 0 aromatic heterocycles. The van der Waals surface area contributed by atoms with Crippen molar-refractivity contribution in [2.45, 2.75) is 25.0 Å². The van der Waals surface area contributed by atoms with Crippen molar-refractivity contribution in [3.8, 4) is 0 Å². The predicted octanol–water partition coefficient (Wildman–Crippen LogP) is 3.04. The van der Waals surface area contributed by atoms with Crippen LogP contribution in [0.1, 0.15) is 24.9 Å². The molecule has 6 heteroatoms. The zero-order chi connectivity index (χ0) is 14.0. The third-order valence-corrected chi connectivity index (χ3v) is 4.94. The van der Waals surface area contributed by atoms with Gasteiger partial charge in [-0.05, 0) is 36.8 Å². The zero-order valence-corrected chi connectivity index (χ0v) is 12.8. The molecule has 2 unspecified atom stereocenters. The number of nitrogens with one attached hydrogen (secondary N) is 1. The van der Waals surface area contributed by atoms with Crippen molar-refractivity contribution in [3.63, 3.8) is 0 Å². The Morgan fingerprint density at radius 1 is 1.53 bits per heavy atom. The molecular formula is C13H15Cl2NO2S. The van der Waals surface area contributed by atoms with Crippen LogP contribution in [0.2, 0.25) is 10.0 Å². The lowest BCUT2D eigenvalue weighted by atomic mass is 10.0. The fourth-order valence-electron chi connectivity index (χ4n) is 1.99. The maximum Gasteiger partial charge on any atom is 0.253 e. The van der Waals surface area contributed by atoms with E-state index in [9.17, 15) is 9.90 Å². The molecule has 1 heterocycles. The number of hydrogen-bond acceptors (Lipinski definition) is 3. The molecule has 1 amide bonds. The first kappa shape index (κ1) is 15.0. The Labute approximate surface area is 126 Å². The Hall–Kier alpha value is -0.420. The van der Waals surface area contributed by atoms with Gasteiger partial charge >= 0.3 is 0 Å². The van der Waals surface area contributed by atoms with Crippen LogP contribution >= 0.6 is 35.0 Å². The highest BCUT2D eigenvalue weighted by Gasteiger charge is 2.40. The molecule has 0 aliphatic carbocycles. The van der Waals surface area contributed by atoms with E-state index >= 15 is 0 Å². The number of hydrogen-bond donors (Lipinski definition) is 2. The molecule has 2 N–H and O–H groups in total. The lowest BCUT2D eigenvalue weighted by molar-refractivity contribution is -0.137. The second-order valence-corrected chi connectivity index (χ2v) is 6.64. The Morgan fingerprint density at radius 2 is 2.26 bits per heavy atom. The molecule has 1 saturated heterocycles. The van der Waals surface area contributed by atoms with Crippen molar-refractivity contribution in [2.24, 2.45) is 0 Å². The van der Waals surface area contributed by atoms with E-state index in [-0.39, 0.29) is 11.9 Å². The fraction of sp³-hybridized carbons (Fsp3) is 0.462. The molecule has 1 fully saturated rings. The van der Waals surface area contributed by atoms with Crippen LogP contribution in [0.4, 0.5) is 0 Å². The molecule has 0 bridgehead atoms. The Bertz CT molecular complexity index is 490. The zero-order valence-electron chi connectivity index (χ0n) is 10.5. The van der Waals surface area contributed by atoms with Crippen LogP contribution < -0.4 is 5.32 Å². The molecule has 3 nitrogen and oxygen atoms in total. The van der Waals surface area contributed by atoms with Crippen LogP contribution in [0.5, 0.6) is 0 Å². The second-order valence-electron chi connectivity index (χ2n) is 4.70. The first-order valence-electron chi connectivity index (χ1n) is 5.98. The van der Waals surface area contributed by atoms with Crippen LogP contribution in [-0.4, -0.2) is 28.1 Å². The molecule has 0 spiro atoms. The van der Waals surface area contributed by atoms with Gasteiger partial charge in [0.2, 0.25) is 0 Å². The maximum atomic E-state index is 12.1. The Morgan fingerprint density at radius 3 is 2.84 bits per heavy atom. The third-order valence-electron chi connectivity index (χ3n) is 3.20. The fourth-order valence-corrected chi connectivity index (χ4v) is 3.81. The van der Waals surface area contributed by atoms with Crippen molar-refractivity contribution in [1.29, 1.82) is 0 Å². The third kappa shape index (κ3) is 3.37. The quantitative estimate of drug-likeness (QED) is 0.900. The SMILES string of the molecule is CC(NC(=O)C1(O)CCSC1)c1ccc(Cl)cc1Cl. The number of carbonyl (C=O) groups is 1. The smallest absolute Gasteiger partial charge is 0.253 e. The largest absolute Gasteiger partial charge is 0.379 e. The molecule has 0 radical (unpaired) electrons. The van der Waals surface area contributed by atoms with Crippen LogP contribution in [-0.2, 0) is 4.79 Å². The summed E-state index contributed by atoms with van der Waals surface area (Å²) in [5.41, 5.74) is -0.466. The highest BCUT2D eigenvalue weighted by molar-refractivity contribution is 7.99. The Kier molecular flexibility index (Phi) is 4.66. The van der Waals surface area contributed by atoms with Crippen molar-refractivity contribution in [2.75, 3.05) is 11.5 Å². The second kappa shape index (κ2) is 5.92. The van der Waals surface area contributed by atoms with E-state index in [4.69, 9.17) is 23.2 Å². The summed E-state index contributed by atoms with van der Waals surface area (Å²) in [5.74, 6) is 0.913. The van der Waals surface area contributed by atoms with Gasteiger partial charge in [-0.1, -0.05) is 29.3 Å². The van der Waals surface area contributed by atoms with Gasteiger partial charge in [0.05, 0.1) is 6.04 Å². The van der Waals surface area contributed by atoms with Gasteiger partial charge in [-0.3, -0.25) is 4.79 Å². The summed E-state index contributed by atoms with van der Waals surface area (Å²) in [6.45, 7) is 1.83. The summed E-state index contributed by atoms with van der Waals surface area (Å²) < 4.78 is 0. The highest BCUT2D eigenvalue weighted by Crippen LogP contribution is 2.30. The van der Waals surface area contributed by atoms with Crippen LogP contribution in [0.3, 0.4) is 0 Å². The Balaban J connectivity index is 2.08. The molecule has 2 atom stereocenters. The molecule has 104 valence electrons. The van der Waals surface area contributed by atoms with Gasteiger partial charge in [-0.15, -0.1) is 0 Å². The molecule has 0 saturated carbocycles. The van der Waals surface area contributed by atoms with Crippen LogP contribution in [0, 0.1) is 0 Å². The number of amides is 1. The summed E-state index contributed by atoms with van der Waals surface area (Å²) >= 11 is 13.5. The molecule has 1 aromatic carbocycles. The predicted molar refractivity (Wildman–Crippen MR) is 79.9 cm³/mol. The van der Waals surface area contributed by atoms with Gasteiger partial charge in [0.15, 0.2) is 5.60 Å². The van der Waals surface area contributed by atoms with E-state index in [2.05, 4.69) is 5.32 Å². The number of rotatable bonds is 3. The minimum atomic E-state index is -1.25. The van der Waals surface area contributed by atoms with E-state index in [1.165, 1.54) is 0 Å². The minimum absolute atomic E-state index is 0.271. The number of thioether (sulfide) groups is 1. The lowest BCUT2D eigenvalue weighted by Gasteiger charge is -2.24. The normalized spacial score (nSPS) is 24.2. The van der Waals surface area contributed by atoms with Gasteiger partial charge < -0.3 is 10.4 Å². The summed E-state index contributed by atoms with van der Waals surface area (Å²) in [6, 6.07) is 4.88. The van der Waals surface area contributed by atoms with E-state index in [0.29, 0.717) is 22.2 Å². The van der Waals surface area contributed by atoms with Crippen molar-refractivity contribution in [3.05, 3.63) is 33.8 Å². The van der Waals surface area contributed by atoms with Crippen LogP contribution in [0.15, 0.2) is 18.2 Å². The minimum Gasteiger partial charge on any atom is -0.379 e. The van der Waals surface area contributed by atoms with Gasteiger partial charge in [-0.2, -0.15) is 11.8 Å². The van der Waals surface area contributed by atoms with E-state index in [1.807, 2.05) is 6.92 Å². The molecular weight excluding hydrogens is 305 g/mol. The molecule has 1 aliphatic heterocycles. The number of aliphatic hydroxyl groups is 1. The van der Waals surface area contributed by atoms with Gasteiger partial charge in [0.25, 0.3) is 5.91 Å². The summed E-state index contributed by atoms with van der Waals surface area (Å²) in [4.78, 5) is 12.1. The molecule has 2 rings (SSSR count). The van der Waals surface area contributed by atoms with E-state index < -0.39 is 5.60 Å². The van der Waals surface area contributed by atoms with Gasteiger partial charge in [0.1, 0.15) is 0 Å². The topological polar surface area (TPSA) is 49.3 Å². The molecule has 19 heavy (non-hydrogen) atoms. The molecule has 1 aliphatic rings. The van der Waals surface area contributed by atoms with Crippen molar-refractivity contribution >= 4 is 40.9 Å². The first-order chi connectivity index (χ1) is 8.92. The number of carbonyl (C=O) groups excluding carboxylic acids is 1. The van der Waals surface area contributed by atoms with Crippen LogP contribution in [0.25, 0.3) is 0 Å². The van der Waals surface area contributed by atoms with E-state index in [1.54, 1.807) is 30.0 Å². The van der Waals surface area contributed by atoms with E-state index in [0.717, 1.165) is 11.3 Å². The maximum absolute atomic E-state index is 12.1. The monoisotopic (exact) mass is 319 g/mol. The van der Waals surface area contributed by atoms with Gasteiger partial charge in [-0.25, -0.2) is 0 Å². The number of benzene rings is 1. The highest BCUT2D eigenvalue weighted by atomic mass is 35.5. The average molecular weight is 320 g/mol. The average Bonchev–Trinajstić information content (AvgIpc) is 2.77. The van der Waals surface area contributed by atoms with Crippen molar-refractivity contribution in [1.82, 2.24) is 5.32 Å². The summed E-state index contributed by atoms with van der Waals surface area (Å²) in [5, 5.41) is 14.1. The first-order valence-corrected chi connectivity index (χ1v) is 7.89. The molecule has 1 aromatic rings. The number of halogens is 2. The van der Waals surface area contributed by atoms with Gasteiger partial charge in [0, 0.05) is 15.8 Å². The lowest BCUT2D eigenvalue weighted by Crippen LogP contribution is -2.47. The standard InChI is InChI=1S/C13H15Cl2NO2S/c1-8(10-3-2-9(14)6-11(10)15)16-12(17)13(18)4-5-19-7-13/h2-3,6,8,18H,4-5,7H2,1H3,(H,16,17).